The lowest BCUT2D eigenvalue weighted by Gasteiger charge is -2.40. The van der Waals surface area contributed by atoms with Gasteiger partial charge in [-0.2, -0.15) is 4.31 Å². The van der Waals surface area contributed by atoms with Gasteiger partial charge in [-0.25, -0.2) is 13.4 Å². The Hall–Kier alpha value is -2.39. The number of piperazine rings is 1. The van der Waals surface area contributed by atoms with E-state index >= 15 is 0 Å². The Bertz CT molecular complexity index is 1170. The first-order chi connectivity index (χ1) is 15.3. The monoisotopic (exact) mass is 492 g/mol. The summed E-state index contributed by atoms with van der Waals surface area (Å²) in [6.07, 6.45) is 4.46. The molecule has 0 radical (unpaired) electrons. The molecule has 2 heterocycles. The van der Waals surface area contributed by atoms with E-state index in [-0.39, 0.29) is 23.4 Å². The van der Waals surface area contributed by atoms with Gasteiger partial charge in [-0.1, -0.05) is 23.2 Å². The van der Waals surface area contributed by atoms with E-state index in [1.165, 1.54) is 16.4 Å². The quantitative estimate of drug-likeness (QED) is 0.565. The minimum atomic E-state index is -3.74. The van der Waals surface area contributed by atoms with Crippen LogP contribution >= 0.6 is 23.2 Å². The van der Waals surface area contributed by atoms with Crippen LogP contribution in [0.25, 0.3) is 0 Å². The number of hydrogen-bond acceptors (Lipinski definition) is 4. The lowest BCUT2D eigenvalue weighted by molar-refractivity contribution is 0.0620. The molecule has 1 amide bonds. The highest BCUT2D eigenvalue weighted by molar-refractivity contribution is 7.89. The molecule has 7 nitrogen and oxygen atoms in total. The predicted octanol–water partition coefficient (Wildman–Crippen LogP) is 3.86. The van der Waals surface area contributed by atoms with Crippen molar-refractivity contribution in [3.8, 4) is 0 Å². The van der Waals surface area contributed by atoms with Gasteiger partial charge in [0.05, 0.1) is 11.2 Å². The molecule has 1 aliphatic rings. The number of H-pyrrole nitrogens is 1. The van der Waals surface area contributed by atoms with Gasteiger partial charge in [0.25, 0.3) is 5.91 Å². The summed E-state index contributed by atoms with van der Waals surface area (Å²) >= 11 is 11.9. The Balaban J connectivity index is 1.58. The molecule has 1 aromatic heterocycles. The van der Waals surface area contributed by atoms with Crippen molar-refractivity contribution in [2.45, 2.75) is 23.8 Å². The van der Waals surface area contributed by atoms with E-state index < -0.39 is 10.0 Å². The highest BCUT2D eigenvalue weighted by Crippen LogP contribution is 2.26. The van der Waals surface area contributed by atoms with Crippen molar-refractivity contribution in [3.05, 3.63) is 82.4 Å². The van der Waals surface area contributed by atoms with Crippen molar-refractivity contribution in [2.24, 2.45) is 0 Å². The van der Waals surface area contributed by atoms with E-state index in [1.54, 1.807) is 53.8 Å². The van der Waals surface area contributed by atoms with Crippen LogP contribution < -0.4 is 0 Å². The van der Waals surface area contributed by atoms with Gasteiger partial charge in [-0.15, -0.1) is 0 Å². The first-order valence-corrected chi connectivity index (χ1v) is 12.3. The topological polar surface area (TPSA) is 86.4 Å². The minimum Gasteiger partial charge on any atom is -0.348 e. The lowest BCUT2D eigenvalue weighted by Crippen LogP contribution is -2.56. The van der Waals surface area contributed by atoms with Crippen LogP contribution in [-0.4, -0.2) is 59.2 Å². The zero-order chi connectivity index (χ0) is 22.7. The van der Waals surface area contributed by atoms with Crippen LogP contribution in [0.3, 0.4) is 0 Å². The molecule has 1 aliphatic heterocycles. The van der Waals surface area contributed by atoms with Crippen molar-refractivity contribution >= 4 is 39.1 Å². The molecule has 0 bridgehead atoms. The van der Waals surface area contributed by atoms with Crippen LogP contribution in [0.4, 0.5) is 0 Å². The smallest absolute Gasteiger partial charge is 0.253 e. The third kappa shape index (κ3) is 4.99. The zero-order valence-corrected chi connectivity index (χ0v) is 19.4. The van der Waals surface area contributed by atoms with Gasteiger partial charge in [-0.05, 0) is 61.4 Å². The summed E-state index contributed by atoms with van der Waals surface area (Å²) in [5.41, 5.74) is 1.44. The second-order valence-corrected chi connectivity index (χ2v) is 10.4. The number of amides is 1. The number of nitrogens with zero attached hydrogens (tertiary/aromatic N) is 3. The Morgan fingerprint density at radius 1 is 1.03 bits per heavy atom. The number of hydrogen-bond donors (Lipinski definition) is 1. The third-order valence-electron chi connectivity index (χ3n) is 5.53. The SMILES string of the molecule is O=C(c1ccc(Cl)cc1)N1CCN(S(=O)(=O)c2ccc(Cl)cc2)C(CCc2cnc[nH]2)C1. The molecule has 2 aromatic carbocycles. The predicted molar refractivity (Wildman–Crippen MR) is 123 cm³/mol. The van der Waals surface area contributed by atoms with Gasteiger partial charge < -0.3 is 9.88 Å². The molecule has 32 heavy (non-hydrogen) atoms. The van der Waals surface area contributed by atoms with Crippen LogP contribution in [0.5, 0.6) is 0 Å². The van der Waals surface area contributed by atoms with Gasteiger partial charge in [0, 0.05) is 53.2 Å². The van der Waals surface area contributed by atoms with Crippen LogP contribution in [0, 0.1) is 0 Å². The number of carbonyl (C=O) groups excluding carboxylic acids is 1. The van der Waals surface area contributed by atoms with E-state index in [0.29, 0.717) is 41.5 Å². The van der Waals surface area contributed by atoms with E-state index in [1.807, 2.05) is 0 Å². The van der Waals surface area contributed by atoms with Gasteiger partial charge in [0.1, 0.15) is 0 Å². The Morgan fingerprint density at radius 2 is 1.69 bits per heavy atom. The summed E-state index contributed by atoms with van der Waals surface area (Å²) in [5, 5.41) is 1.02. The first kappa shape index (κ1) is 22.8. The third-order valence-corrected chi connectivity index (χ3v) is 8.00. The van der Waals surface area contributed by atoms with Gasteiger partial charge in [-0.3, -0.25) is 4.79 Å². The van der Waals surface area contributed by atoms with E-state index in [0.717, 1.165) is 5.69 Å². The summed E-state index contributed by atoms with van der Waals surface area (Å²) in [4.78, 5) is 22.0. The summed E-state index contributed by atoms with van der Waals surface area (Å²) in [5.74, 6) is -0.142. The Labute approximate surface area is 197 Å². The molecule has 4 rings (SSSR count). The zero-order valence-electron chi connectivity index (χ0n) is 17.1. The molecule has 0 aliphatic carbocycles. The molecule has 1 saturated heterocycles. The van der Waals surface area contributed by atoms with Gasteiger partial charge >= 0.3 is 0 Å². The molecular formula is C22H22Cl2N4O3S. The molecule has 1 fully saturated rings. The number of aromatic nitrogens is 2. The number of aromatic amines is 1. The average Bonchev–Trinajstić information content (AvgIpc) is 3.31. The second kappa shape index (κ2) is 9.62. The van der Waals surface area contributed by atoms with Crippen LogP contribution in [-0.2, 0) is 16.4 Å². The summed E-state index contributed by atoms with van der Waals surface area (Å²) in [7, 11) is -3.74. The largest absolute Gasteiger partial charge is 0.348 e. The average molecular weight is 493 g/mol. The van der Waals surface area contributed by atoms with Gasteiger partial charge in [0.2, 0.25) is 10.0 Å². The molecule has 1 N–H and O–H groups in total. The van der Waals surface area contributed by atoms with E-state index in [4.69, 9.17) is 23.2 Å². The molecule has 0 saturated carbocycles. The fourth-order valence-electron chi connectivity index (χ4n) is 3.84. The molecule has 168 valence electrons. The van der Waals surface area contributed by atoms with Crippen molar-refractivity contribution in [1.82, 2.24) is 19.2 Å². The van der Waals surface area contributed by atoms with Crippen molar-refractivity contribution < 1.29 is 13.2 Å². The molecular weight excluding hydrogens is 471 g/mol. The van der Waals surface area contributed by atoms with Crippen molar-refractivity contribution in [3.63, 3.8) is 0 Å². The first-order valence-electron chi connectivity index (χ1n) is 10.1. The van der Waals surface area contributed by atoms with Crippen LogP contribution in [0.15, 0.2) is 66.0 Å². The number of sulfonamides is 1. The van der Waals surface area contributed by atoms with E-state index in [9.17, 15) is 13.2 Å². The van der Waals surface area contributed by atoms with Crippen molar-refractivity contribution in [1.29, 1.82) is 0 Å². The Kier molecular flexibility index (Phi) is 6.85. The molecule has 1 unspecified atom stereocenters. The van der Waals surface area contributed by atoms with Crippen LogP contribution in [0.2, 0.25) is 10.0 Å². The maximum absolute atomic E-state index is 13.4. The fourth-order valence-corrected chi connectivity index (χ4v) is 5.72. The number of carbonyl (C=O) groups is 1. The maximum Gasteiger partial charge on any atom is 0.253 e. The fraction of sp³-hybridized carbons (Fsp3) is 0.273. The molecule has 0 spiro atoms. The number of aryl methyl sites for hydroxylation is 1. The summed E-state index contributed by atoms with van der Waals surface area (Å²) < 4.78 is 28.3. The lowest BCUT2D eigenvalue weighted by atomic mass is 10.1. The summed E-state index contributed by atoms with van der Waals surface area (Å²) in [6.45, 7) is 0.801. The number of rotatable bonds is 6. The number of halogens is 2. The second-order valence-electron chi connectivity index (χ2n) is 7.60. The number of imidazole rings is 1. The number of benzene rings is 2. The highest BCUT2D eigenvalue weighted by atomic mass is 35.5. The normalized spacial score (nSPS) is 17.4. The van der Waals surface area contributed by atoms with E-state index in [2.05, 4.69) is 9.97 Å². The maximum atomic E-state index is 13.4. The standard InChI is InChI=1S/C22H22Cl2N4O3S/c23-17-3-1-16(2-4-17)22(29)27-11-12-28(20(14-27)8-7-19-13-25-15-26-19)32(30,31)21-9-5-18(24)6-10-21/h1-6,9-10,13,15,20H,7-8,11-12,14H2,(H,25,26). The molecule has 10 heteroatoms. The number of nitrogens with one attached hydrogen (secondary N) is 1. The van der Waals surface area contributed by atoms with Crippen molar-refractivity contribution in [2.75, 3.05) is 19.6 Å². The minimum absolute atomic E-state index is 0.142. The molecule has 1 atom stereocenters. The Morgan fingerprint density at radius 3 is 2.31 bits per heavy atom. The summed E-state index contributed by atoms with van der Waals surface area (Å²) in [6, 6.07) is 12.5. The van der Waals surface area contributed by atoms with Crippen LogP contribution in [0.1, 0.15) is 22.5 Å². The van der Waals surface area contributed by atoms with Gasteiger partial charge in [0.15, 0.2) is 0 Å². The highest BCUT2D eigenvalue weighted by Gasteiger charge is 2.37. The molecule has 3 aromatic rings.